The zero-order valence-corrected chi connectivity index (χ0v) is 16.1. The second kappa shape index (κ2) is 8.10. The van der Waals surface area contributed by atoms with Crippen molar-refractivity contribution in [2.45, 2.75) is 47.5 Å². The first-order valence-electron chi connectivity index (χ1n) is 8.88. The largest absolute Gasteiger partial charge is 0.341 e. The summed E-state index contributed by atoms with van der Waals surface area (Å²) in [5, 5.41) is 3.06. The molecule has 0 aliphatic heterocycles. The van der Waals surface area contributed by atoms with Gasteiger partial charge in [-0.3, -0.25) is 4.79 Å². The molecular formula is C20H28N4O. The van der Waals surface area contributed by atoms with Crippen molar-refractivity contribution in [2.75, 3.05) is 23.3 Å². The van der Waals surface area contributed by atoms with Gasteiger partial charge in [0.2, 0.25) is 5.95 Å². The number of carbonyl (C=O) groups excluding carboxylic acids is 1. The lowest BCUT2D eigenvalue weighted by molar-refractivity contribution is 0.102. The minimum atomic E-state index is -0.199. The monoisotopic (exact) mass is 340 g/mol. The van der Waals surface area contributed by atoms with Crippen LogP contribution in [0.1, 0.15) is 60.9 Å². The number of anilines is 2. The second-order valence-corrected chi connectivity index (χ2v) is 6.51. The Labute approximate surface area is 150 Å². The number of para-hydroxylation sites is 1. The third-order valence-electron chi connectivity index (χ3n) is 4.29. The summed E-state index contributed by atoms with van der Waals surface area (Å²) in [7, 11) is 0. The Morgan fingerprint density at radius 1 is 1.16 bits per heavy atom. The number of hydrogen-bond acceptors (Lipinski definition) is 4. The zero-order valence-electron chi connectivity index (χ0n) is 16.1. The van der Waals surface area contributed by atoms with Crippen molar-refractivity contribution in [3.63, 3.8) is 0 Å². The number of benzene rings is 1. The maximum absolute atomic E-state index is 12.8. The number of hydrogen-bond donors (Lipinski definition) is 1. The Balaban J connectivity index is 2.37. The molecular weight excluding hydrogens is 312 g/mol. The van der Waals surface area contributed by atoms with Crippen LogP contribution in [-0.4, -0.2) is 29.0 Å². The average molecular weight is 340 g/mol. The van der Waals surface area contributed by atoms with E-state index < -0.39 is 0 Å². The summed E-state index contributed by atoms with van der Waals surface area (Å²) in [6.07, 6.45) is 0. The molecule has 0 saturated carbocycles. The molecule has 1 aromatic heterocycles. The van der Waals surface area contributed by atoms with E-state index in [0.29, 0.717) is 17.6 Å². The van der Waals surface area contributed by atoms with Gasteiger partial charge in [-0.05, 0) is 50.8 Å². The quantitative estimate of drug-likeness (QED) is 0.851. The van der Waals surface area contributed by atoms with Gasteiger partial charge >= 0.3 is 0 Å². The van der Waals surface area contributed by atoms with Gasteiger partial charge in [-0.2, -0.15) is 0 Å². The van der Waals surface area contributed by atoms with Gasteiger partial charge in [-0.25, -0.2) is 9.97 Å². The summed E-state index contributed by atoms with van der Waals surface area (Å²) >= 11 is 0. The van der Waals surface area contributed by atoms with Crippen LogP contribution < -0.4 is 10.2 Å². The maximum atomic E-state index is 12.8. The molecule has 0 atom stereocenters. The summed E-state index contributed by atoms with van der Waals surface area (Å²) in [5.74, 6) is 0.729. The molecule has 5 heteroatoms. The van der Waals surface area contributed by atoms with E-state index in [-0.39, 0.29) is 5.91 Å². The molecule has 2 rings (SSSR count). The van der Waals surface area contributed by atoms with Crippen LogP contribution >= 0.6 is 0 Å². The van der Waals surface area contributed by atoms with Crippen LogP contribution in [0.4, 0.5) is 11.6 Å². The van der Waals surface area contributed by atoms with Crippen LogP contribution in [0.2, 0.25) is 0 Å². The Morgan fingerprint density at radius 3 is 2.44 bits per heavy atom. The van der Waals surface area contributed by atoms with Crippen molar-refractivity contribution in [3.05, 3.63) is 46.8 Å². The molecule has 1 aromatic carbocycles. The summed E-state index contributed by atoms with van der Waals surface area (Å²) in [6, 6.07) is 7.82. The van der Waals surface area contributed by atoms with E-state index in [1.807, 2.05) is 30.9 Å². The van der Waals surface area contributed by atoms with Gasteiger partial charge in [0, 0.05) is 24.5 Å². The molecule has 25 heavy (non-hydrogen) atoms. The number of amides is 1. The molecule has 2 aromatic rings. The van der Waals surface area contributed by atoms with Crippen molar-refractivity contribution >= 4 is 17.5 Å². The molecule has 0 bridgehead atoms. The molecule has 0 aliphatic rings. The molecule has 0 saturated heterocycles. The Bertz CT molecular complexity index is 751. The highest BCUT2D eigenvalue weighted by atomic mass is 16.1. The molecule has 0 fully saturated rings. The molecule has 134 valence electrons. The van der Waals surface area contributed by atoms with Gasteiger partial charge in [-0.1, -0.05) is 32.0 Å². The predicted octanol–water partition coefficient (Wildman–Crippen LogP) is 4.32. The minimum absolute atomic E-state index is 0.199. The Morgan fingerprint density at radius 2 is 1.84 bits per heavy atom. The summed E-state index contributed by atoms with van der Waals surface area (Å²) in [5.41, 5.74) is 4.24. The number of nitrogens with zero attached hydrogens (tertiary/aromatic N) is 3. The smallest absolute Gasteiger partial charge is 0.274 e. The predicted molar refractivity (Wildman–Crippen MR) is 104 cm³/mol. The highest BCUT2D eigenvalue weighted by molar-refractivity contribution is 6.04. The highest BCUT2D eigenvalue weighted by Gasteiger charge is 2.17. The van der Waals surface area contributed by atoms with Crippen LogP contribution in [0.15, 0.2) is 24.3 Å². The zero-order chi connectivity index (χ0) is 18.6. The van der Waals surface area contributed by atoms with Crippen molar-refractivity contribution in [1.29, 1.82) is 0 Å². The van der Waals surface area contributed by atoms with E-state index in [1.54, 1.807) is 6.07 Å². The van der Waals surface area contributed by atoms with Gasteiger partial charge < -0.3 is 10.2 Å². The summed E-state index contributed by atoms with van der Waals surface area (Å²) in [4.78, 5) is 23.8. The number of rotatable bonds is 6. The molecule has 0 unspecified atom stereocenters. The van der Waals surface area contributed by atoms with Gasteiger partial charge in [0.25, 0.3) is 5.91 Å². The fourth-order valence-corrected chi connectivity index (χ4v) is 2.84. The number of aryl methyl sites for hydroxylation is 2. The van der Waals surface area contributed by atoms with Gasteiger partial charge in [0.15, 0.2) is 0 Å². The van der Waals surface area contributed by atoms with Crippen molar-refractivity contribution in [2.24, 2.45) is 0 Å². The van der Waals surface area contributed by atoms with E-state index in [2.05, 4.69) is 49.0 Å². The van der Waals surface area contributed by atoms with Gasteiger partial charge in [-0.15, -0.1) is 0 Å². The van der Waals surface area contributed by atoms with Gasteiger partial charge in [0.1, 0.15) is 5.69 Å². The normalized spacial score (nSPS) is 10.8. The lowest BCUT2D eigenvalue weighted by atomic mass is 9.98. The van der Waals surface area contributed by atoms with E-state index in [4.69, 9.17) is 0 Å². The fraction of sp³-hybridized carbons (Fsp3) is 0.450. The minimum Gasteiger partial charge on any atom is -0.341 e. The third-order valence-corrected chi connectivity index (χ3v) is 4.29. The van der Waals surface area contributed by atoms with E-state index in [9.17, 15) is 4.79 Å². The van der Waals surface area contributed by atoms with Crippen LogP contribution in [0.3, 0.4) is 0 Å². The lowest BCUT2D eigenvalue weighted by Crippen LogP contribution is -2.26. The molecule has 0 aliphatic carbocycles. The van der Waals surface area contributed by atoms with Crippen LogP contribution in [0, 0.1) is 13.8 Å². The Kier molecular flexibility index (Phi) is 6.12. The van der Waals surface area contributed by atoms with Crippen LogP contribution in [0.5, 0.6) is 0 Å². The third kappa shape index (κ3) is 4.35. The first kappa shape index (κ1) is 18.9. The first-order chi connectivity index (χ1) is 11.9. The molecule has 0 radical (unpaired) electrons. The molecule has 1 amide bonds. The van der Waals surface area contributed by atoms with E-state index in [1.165, 1.54) is 0 Å². The van der Waals surface area contributed by atoms with E-state index >= 15 is 0 Å². The number of nitrogens with one attached hydrogen (secondary N) is 1. The summed E-state index contributed by atoms with van der Waals surface area (Å²) < 4.78 is 0. The number of aromatic nitrogens is 2. The maximum Gasteiger partial charge on any atom is 0.274 e. The van der Waals surface area contributed by atoms with Crippen molar-refractivity contribution < 1.29 is 4.79 Å². The highest BCUT2D eigenvalue weighted by Crippen LogP contribution is 2.27. The number of carbonyl (C=O) groups is 1. The summed E-state index contributed by atoms with van der Waals surface area (Å²) in [6.45, 7) is 13.9. The SMILES string of the molecule is CCN(CC)c1nc(C)cc(C(=O)Nc2c(C)cccc2C(C)C)n1. The van der Waals surface area contributed by atoms with Crippen molar-refractivity contribution in [3.8, 4) is 0 Å². The average Bonchev–Trinajstić information content (AvgIpc) is 2.57. The van der Waals surface area contributed by atoms with Crippen LogP contribution in [-0.2, 0) is 0 Å². The lowest BCUT2D eigenvalue weighted by Gasteiger charge is -2.20. The fourth-order valence-electron chi connectivity index (χ4n) is 2.84. The first-order valence-corrected chi connectivity index (χ1v) is 8.88. The Hall–Kier alpha value is -2.43. The van der Waals surface area contributed by atoms with E-state index in [0.717, 1.165) is 35.6 Å². The van der Waals surface area contributed by atoms with Crippen LogP contribution in [0.25, 0.3) is 0 Å². The molecule has 0 spiro atoms. The molecule has 5 nitrogen and oxygen atoms in total. The van der Waals surface area contributed by atoms with Crippen molar-refractivity contribution in [1.82, 2.24) is 9.97 Å². The topological polar surface area (TPSA) is 58.1 Å². The standard InChI is InChI=1S/C20H28N4O/c1-7-24(8-2)20-21-15(6)12-17(22-20)19(25)23-18-14(5)10-9-11-16(18)13(3)4/h9-13H,7-8H2,1-6H3,(H,23,25). The molecule has 1 N–H and O–H groups in total. The molecule has 1 heterocycles. The van der Waals surface area contributed by atoms with Gasteiger partial charge in [0.05, 0.1) is 0 Å². The second-order valence-electron chi connectivity index (χ2n) is 6.51.